The molecule has 3 unspecified atom stereocenters. The fraction of sp³-hybridized carbons (Fsp3) is 0.500. The lowest BCUT2D eigenvalue weighted by molar-refractivity contribution is -0.385. The molecule has 2 bridgehead atoms. The summed E-state index contributed by atoms with van der Waals surface area (Å²) in [7, 11) is 0. The summed E-state index contributed by atoms with van der Waals surface area (Å²) in [4.78, 5) is 22.5. The molecule has 0 saturated carbocycles. The first-order valence-electron chi connectivity index (χ1n) is 6.74. The van der Waals surface area contributed by atoms with Gasteiger partial charge in [-0.1, -0.05) is 22.0 Å². The van der Waals surface area contributed by atoms with Gasteiger partial charge >= 0.3 is 5.97 Å². The first-order chi connectivity index (χ1) is 9.92. The molecule has 112 valence electrons. The van der Waals surface area contributed by atoms with E-state index in [0.717, 1.165) is 6.42 Å². The molecule has 21 heavy (non-hydrogen) atoms. The van der Waals surface area contributed by atoms with Gasteiger partial charge in [-0.15, -0.1) is 0 Å². The summed E-state index contributed by atoms with van der Waals surface area (Å²) in [5, 5.41) is 20.9. The van der Waals surface area contributed by atoms with Gasteiger partial charge < -0.3 is 9.84 Å². The van der Waals surface area contributed by atoms with Gasteiger partial charge in [-0.25, -0.2) is 0 Å². The van der Waals surface area contributed by atoms with Gasteiger partial charge in [0.1, 0.15) is 5.41 Å². The lowest BCUT2D eigenvalue weighted by atomic mass is 9.70. The molecule has 2 aliphatic rings. The molecule has 3 atom stereocenters. The number of carboxylic acids is 1. The van der Waals surface area contributed by atoms with Gasteiger partial charge in [-0.05, 0) is 31.7 Å². The van der Waals surface area contributed by atoms with Crippen molar-refractivity contribution in [3.63, 3.8) is 0 Å². The van der Waals surface area contributed by atoms with Crippen LogP contribution in [0, 0.1) is 15.5 Å². The van der Waals surface area contributed by atoms with Gasteiger partial charge in [0.15, 0.2) is 0 Å². The third-order valence-corrected chi connectivity index (χ3v) is 4.98. The first kappa shape index (κ1) is 14.5. The second-order valence-electron chi connectivity index (χ2n) is 5.70. The third-order valence-electron chi connectivity index (χ3n) is 4.49. The lowest BCUT2D eigenvalue weighted by Gasteiger charge is -2.30. The van der Waals surface area contributed by atoms with Crippen LogP contribution in [-0.4, -0.2) is 28.2 Å². The molecule has 0 aliphatic carbocycles. The molecular formula is C14H14BrNO5. The smallest absolute Gasteiger partial charge is 0.312 e. The van der Waals surface area contributed by atoms with Gasteiger partial charge in [0.2, 0.25) is 0 Å². The van der Waals surface area contributed by atoms with Crippen molar-refractivity contribution in [2.45, 2.75) is 37.9 Å². The van der Waals surface area contributed by atoms with Crippen molar-refractivity contribution in [1.29, 1.82) is 0 Å². The predicted molar refractivity (Wildman–Crippen MR) is 77.1 cm³/mol. The quantitative estimate of drug-likeness (QED) is 0.662. The summed E-state index contributed by atoms with van der Waals surface area (Å²) >= 11 is 3.21. The average Bonchev–Trinajstić information content (AvgIpc) is 3.01. The van der Waals surface area contributed by atoms with Crippen LogP contribution in [0.15, 0.2) is 22.7 Å². The van der Waals surface area contributed by atoms with E-state index in [2.05, 4.69) is 15.9 Å². The van der Waals surface area contributed by atoms with Gasteiger partial charge in [0, 0.05) is 16.1 Å². The van der Waals surface area contributed by atoms with E-state index >= 15 is 0 Å². The molecule has 6 nitrogen and oxygen atoms in total. The standard InChI is InChI=1S/C14H14BrNO5/c15-9-2-1-8(11(5-9)16(19)20)6-14(13(17)18)7-10-3-4-12(14)21-10/h1-2,5,10,12H,3-4,6-7H2,(H,17,18). The maximum atomic E-state index is 11.8. The van der Waals surface area contributed by atoms with Crippen molar-refractivity contribution in [3.8, 4) is 0 Å². The first-order valence-corrected chi connectivity index (χ1v) is 7.53. The Balaban J connectivity index is 1.98. The Hall–Kier alpha value is -1.47. The summed E-state index contributed by atoms with van der Waals surface area (Å²) in [6, 6.07) is 4.74. The number of halogens is 1. The highest BCUT2D eigenvalue weighted by atomic mass is 79.9. The predicted octanol–water partition coefficient (Wildman–Crippen LogP) is 2.92. The van der Waals surface area contributed by atoms with Crippen molar-refractivity contribution >= 4 is 27.6 Å². The third kappa shape index (κ3) is 2.34. The van der Waals surface area contributed by atoms with E-state index in [1.807, 2.05) is 0 Å². The number of nitrogens with zero attached hydrogens (tertiary/aromatic N) is 1. The number of carboxylic acid groups (broad SMARTS) is 1. The van der Waals surface area contributed by atoms with Gasteiger partial charge in [0.25, 0.3) is 5.69 Å². The molecule has 1 aromatic rings. The number of nitro groups is 1. The largest absolute Gasteiger partial charge is 0.481 e. The summed E-state index contributed by atoms with van der Waals surface area (Å²) in [5.74, 6) is -0.924. The number of carbonyl (C=O) groups is 1. The van der Waals surface area contributed by atoms with Crippen LogP contribution < -0.4 is 0 Å². The molecule has 2 heterocycles. The van der Waals surface area contributed by atoms with Crippen LogP contribution in [0.25, 0.3) is 0 Å². The molecule has 2 fully saturated rings. The van der Waals surface area contributed by atoms with Crippen LogP contribution in [0.2, 0.25) is 0 Å². The molecule has 2 saturated heterocycles. The minimum absolute atomic E-state index is 0.0272. The second-order valence-corrected chi connectivity index (χ2v) is 6.61. The van der Waals surface area contributed by atoms with Crippen LogP contribution in [-0.2, 0) is 16.0 Å². The minimum atomic E-state index is -1.04. The monoisotopic (exact) mass is 355 g/mol. The highest BCUT2D eigenvalue weighted by Gasteiger charge is 2.57. The maximum absolute atomic E-state index is 11.8. The van der Waals surface area contributed by atoms with Crippen LogP contribution in [0.4, 0.5) is 5.69 Å². The number of rotatable bonds is 4. The Morgan fingerprint density at radius 2 is 2.29 bits per heavy atom. The number of ether oxygens (including phenoxy) is 1. The zero-order valence-electron chi connectivity index (χ0n) is 11.1. The van der Waals surface area contributed by atoms with Crippen LogP contribution in [0.5, 0.6) is 0 Å². The second kappa shape index (κ2) is 5.06. The molecule has 0 radical (unpaired) electrons. The van der Waals surface area contributed by atoms with E-state index in [-0.39, 0.29) is 24.3 Å². The zero-order valence-corrected chi connectivity index (χ0v) is 12.7. The van der Waals surface area contributed by atoms with Crippen molar-refractivity contribution in [2.24, 2.45) is 5.41 Å². The van der Waals surface area contributed by atoms with Crippen LogP contribution >= 0.6 is 15.9 Å². The normalized spacial score (nSPS) is 30.5. The molecule has 3 rings (SSSR count). The molecule has 1 aromatic carbocycles. The summed E-state index contributed by atoms with van der Waals surface area (Å²) in [6.45, 7) is 0. The van der Waals surface area contributed by atoms with E-state index in [0.29, 0.717) is 22.9 Å². The molecule has 1 N–H and O–H groups in total. The maximum Gasteiger partial charge on any atom is 0.312 e. The van der Waals surface area contributed by atoms with E-state index < -0.39 is 16.3 Å². The Morgan fingerprint density at radius 1 is 1.52 bits per heavy atom. The number of nitro benzene ring substituents is 1. The van der Waals surface area contributed by atoms with Gasteiger partial charge in [0.05, 0.1) is 17.1 Å². The lowest BCUT2D eigenvalue weighted by Crippen LogP contribution is -2.42. The molecule has 0 spiro atoms. The minimum Gasteiger partial charge on any atom is -0.481 e. The van der Waals surface area contributed by atoms with Gasteiger partial charge in [-0.2, -0.15) is 0 Å². The molecule has 0 amide bonds. The van der Waals surface area contributed by atoms with Crippen molar-refractivity contribution < 1.29 is 19.6 Å². The van der Waals surface area contributed by atoms with Crippen molar-refractivity contribution in [3.05, 3.63) is 38.3 Å². The topological polar surface area (TPSA) is 89.7 Å². The summed E-state index contributed by atoms with van der Waals surface area (Å²) in [5.41, 5.74) is -0.642. The number of fused-ring (bicyclic) bond motifs is 2. The molecule has 7 heteroatoms. The fourth-order valence-electron chi connectivity index (χ4n) is 3.48. The molecular weight excluding hydrogens is 342 g/mol. The number of hydrogen-bond acceptors (Lipinski definition) is 4. The van der Waals surface area contributed by atoms with E-state index in [9.17, 15) is 20.0 Å². The van der Waals surface area contributed by atoms with Crippen molar-refractivity contribution in [2.75, 3.05) is 0 Å². The number of hydrogen-bond donors (Lipinski definition) is 1. The van der Waals surface area contributed by atoms with E-state index in [1.54, 1.807) is 12.1 Å². The summed E-state index contributed by atoms with van der Waals surface area (Å²) < 4.78 is 6.29. The highest BCUT2D eigenvalue weighted by molar-refractivity contribution is 9.10. The fourth-order valence-corrected chi connectivity index (χ4v) is 3.83. The van der Waals surface area contributed by atoms with Crippen molar-refractivity contribution in [1.82, 2.24) is 0 Å². The Labute approximate surface area is 129 Å². The van der Waals surface area contributed by atoms with Gasteiger partial charge in [-0.3, -0.25) is 14.9 Å². The molecule has 2 aliphatic heterocycles. The van der Waals surface area contributed by atoms with E-state index in [1.165, 1.54) is 6.07 Å². The zero-order chi connectivity index (χ0) is 15.2. The van der Waals surface area contributed by atoms with Crippen LogP contribution in [0.1, 0.15) is 24.8 Å². The summed E-state index contributed by atoms with van der Waals surface area (Å²) in [6.07, 6.45) is 1.78. The number of aliphatic carboxylic acids is 1. The highest BCUT2D eigenvalue weighted by Crippen LogP contribution is 2.50. The number of benzene rings is 1. The molecule has 0 aromatic heterocycles. The Kier molecular flexibility index (Phi) is 3.49. The van der Waals surface area contributed by atoms with Crippen LogP contribution in [0.3, 0.4) is 0 Å². The Morgan fingerprint density at radius 3 is 2.81 bits per heavy atom. The average molecular weight is 356 g/mol. The Bertz CT molecular complexity index is 619. The van der Waals surface area contributed by atoms with E-state index in [4.69, 9.17) is 4.74 Å². The SMILES string of the molecule is O=C(O)C1(Cc2ccc(Br)cc2[N+](=O)[O-])CC2CCC1O2.